The molecule has 0 fully saturated rings. The Kier molecular flexibility index (Phi) is 4.63. The van der Waals surface area contributed by atoms with Gasteiger partial charge in [0.25, 0.3) is 0 Å². The zero-order valence-electron chi connectivity index (χ0n) is 9.08. The maximum Gasteiger partial charge on any atom is 0.216 e. The van der Waals surface area contributed by atoms with Crippen molar-refractivity contribution in [1.29, 1.82) is 5.26 Å². The summed E-state index contributed by atoms with van der Waals surface area (Å²) in [5.41, 5.74) is 1.51. The van der Waals surface area contributed by atoms with Crippen molar-refractivity contribution in [1.82, 2.24) is 5.32 Å². The fourth-order valence-electron chi connectivity index (χ4n) is 1.09. The molecule has 0 spiro atoms. The molecule has 0 atom stereocenters. The van der Waals surface area contributed by atoms with Crippen molar-refractivity contribution in [3.05, 3.63) is 35.4 Å². The summed E-state index contributed by atoms with van der Waals surface area (Å²) in [5, 5.41) is 11.3. The average Bonchev–Trinajstić information content (AvgIpc) is 2.29. The number of carbonyl (C=O) groups excluding carboxylic acids is 1. The Morgan fingerprint density at radius 3 is 2.50 bits per heavy atom. The Morgan fingerprint density at radius 1 is 1.31 bits per heavy atom. The Bertz CT molecular complexity index is 457. The number of nitriles is 1. The van der Waals surface area contributed by atoms with Crippen LogP contribution in [-0.2, 0) is 4.79 Å². The van der Waals surface area contributed by atoms with Gasteiger partial charge in [0.2, 0.25) is 5.91 Å². The molecular weight excluding hydrogens is 200 g/mol. The second kappa shape index (κ2) is 6.27. The number of nitrogens with one attached hydrogen (secondary N) is 1. The van der Waals surface area contributed by atoms with Crippen molar-refractivity contribution >= 4 is 5.91 Å². The third-order valence-electron chi connectivity index (χ3n) is 1.87. The quantitative estimate of drug-likeness (QED) is 0.595. The van der Waals surface area contributed by atoms with E-state index in [1.54, 1.807) is 12.1 Å². The van der Waals surface area contributed by atoms with Crippen LogP contribution in [0.2, 0.25) is 0 Å². The second-order valence-corrected chi connectivity index (χ2v) is 3.22. The number of nitrogens with zero attached hydrogens (tertiary/aromatic N) is 1. The molecule has 0 unspecified atom stereocenters. The van der Waals surface area contributed by atoms with Crippen molar-refractivity contribution in [3.8, 4) is 17.9 Å². The molecule has 0 aromatic heterocycles. The highest BCUT2D eigenvalue weighted by Gasteiger charge is 1.89. The zero-order valence-corrected chi connectivity index (χ0v) is 9.08. The molecule has 1 aromatic rings. The van der Waals surface area contributed by atoms with E-state index in [9.17, 15) is 4.79 Å². The predicted octanol–water partition coefficient (Wildman–Crippen LogP) is 1.44. The molecule has 0 heterocycles. The molecule has 1 rings (SSSR count). The zero-order chi connectivity index (χ0) is 11.8. The third-order valence-corrected chi connectivity index (χ3v) is 1.87. The molecule has 3 heteroatoms. The summed E-state index contributed by atoms with van der Waals surface area (Å²) < 4.78 is 0. The maximum absolute atomic E-state index is 10.6. The molecular formula is C13H12N2O. The van der Waals surface area contributed by atoms with Gasteiger partial charge in [-0.3, -0.25) is 4.79 Å². The van der Waals surface area contributed by atoms with Crippen LogP contribution < -0.4 is 5.32 Å². The lowest BCUT2D eigenvalue weighted by molar-refractivity contribution is -0.118. The first-order valence-electron chi connectivity index (χ1n) is 4.96. The first-order valence-corrected chi connectivity index (χ1v) is 4.96. The maximum atomic E-state index is 10.6. The number of hydrogen-bond acceptors (Lipinski definition) is 2. The van der Waals surface area contributed by atoms with Crippen LogP contribution in [0.25, 0.3) is 0 Å². The van der Waals surface area contributed by atoms with Crippen molar-refractivity contribution in [3.63, 3.8) is 0 Å². The molecule has 0 aliphatic heterocycles. The van der Waals surface area contributed by atoms with Crippen molar-refractivity contribution in [2.24, 2.45) is 0 Å². The van der Waals surface area contributed by atoms with E-state index in [0.29, 0.717) is 18.5 Å². The Morgan fingerprint density at radius 2 is 1.94 bits per heavy atom. The molecule has 0 aliphatic carbocycles. The number of benzene rings is 1. The lowest BCUT2D eigenvalue weighted by Crippen LogP contribution is -2.20. The van der Waals surface area contributed by atoms with Gasteiger partial charge >= 0.3 is 0 Å². The summed E-state index contributed by atoms with van der Waals surface area (Å²) in [7, 11) is 0. The fraction of sp³-hybridized carbons (Fsp3) is 0.231. The minimum absolute atomic E-state index is 0.0415. The van der Waals surface area contributed by atoms with Crippen LogP contribution >= 0.6 is 0 Å². The van der Waals surface area contributed by atoms with Gasteiger partial charge in [0.15, 0.2) is 0 Å². The van der Waals surface area contributed by atoms with Gasteiger partial charge in [0, 0.05) is 25.5 Å². The van der Waals surface area contributed by atoms with Gasteiger partial charge in [-0.15, -0.1) is 0 Å². The smallest absolute Gasteiger partial charge is 0.216 e. The molecule has 0 saturated carbocycles. The first kappa shape index (κ1) is 11.8. The molecule has 0 bridgehead atoms. The molecule has 16 heavy (non-hydrogen) atoms. The van der Waals surface area contributed by atoms with Crippen LogP contribution in [-0.4, -0.2) is 12.5 Å². The van der Waals surface area contributed by atoms with Crippen LogP contribution in [0.15, 0.2) is 24.3 Å². The minimum atomic E-state index is -0.0415. The summed E-state index contributed by atoms with van der Waals surface area (Å²) in [6, 6.07) is 9.13. The summed E-state index contributed by atoms with van der Waals surface area (Å²) in [6.07, 6.45) is 0.625. The van der Waals surface area contributed by atoms with E-state index < -0.39 is 0 Å². The molecule has 1 aromatic carbocycles. The lowest BCUT2D eigenvalue weighted by Gasteiger charge is -1.94. The average molecular weight is 212 g/mol. The van der Waals surface area contributed by atoms with E-state index in [1.807, 2.05) is 18.2 Å². The van der Waals surface area contributed by atoms with Crippen LogP contribution in [0, 0.1) is 23.2 Å². The second-order valence-electron chi connectivity index (χ2n) is 3.22. The topological polar surface area (TPSA) is 52.9 Å². The Balaban J connectivity index is 2.44. The summed E-state index contributed by atoms with van der Waals surface area (Å²) in [5.74, 6) is 5.86. The third kappa shape index (κ3) is 4.30. The van der Waals surface area contributed by atoms with Gasteiger partial charge in [-0.2, -0.15) is 5.26 Å². The van der Waals surface area contributed by atoms with E-state index in [2.05, 4.69) is 17.2 Å². The van der Waals surface area contributed by atoms with Crippen molar-refractivity contribution < 1.29 is 4.79 Å². The highest BCUT2D eigenvalue weighted by atomic mass is 16.1. The molecule has 3 nitrogen and oxygen atoms in total. The number of carbonyl (C=O) groups is 1. The van der Waals surface area contributed by atoms with Gasteiger partial charge in [0.1, 0.15) is 0 Å². The molecule has 0 saturated heterocycles. The van der Waals surface area contributed by atoms with E-state index >= 15 is 0 Å². The molecule has 0 aliphatic rings. The van der Waals surface area contributed by atoms with Gasteiger partial charge < -0.3 is 5.32 Å². The van der Waals surface area contributed by atoms with Gasteiger partial charge in [0.05, 0.1) is 11.6 Å². The van der Waals surface area contributed by atoms with Gasteiger partial charge in [-0.05, 0) is 24.3 Å². The van der Waals surface area contributed by atoms with Crippen LogP contribution in [0.5, 0.6) is 0 Å². The van der Waals surface area contributed by atoms with Crippen LogP contribution in [0.3, 0.4) is 0 Å². The summed E-state index contributed by atoms with van der Waals surface area (Å²) >= 11 is 0. The Labute approximate surface area is 95.1 Å². The lowest BCUT2D eigenvalue weighted by atomic mass is 10.1. The van der Waals surface area contributed by atoms with Crippen LogP contribution in [0.4, 0.5) is 0 Å². The van der Waals surface area contributed by atoms with Gasteiger partial charge in [-0.1, -0.05) is 11.8 Å². The van der Waals surface area contributed by atoms with E-state index in [0.717, 1.165) is 5.56 Å². The van der Waals surface area contributed by atoms with E-state index in [1.165, 1.54) is 6.92 Å². The highest BCUT2D eigenvalue weighted by molar-refractivity contribution is 5.72. The molecule has 1 N–H and O–H groups in total. The molecule has 0 radical (unpaired) electrons. The highest BCUT2D eigenvalue weighted by Crippen LogP contribution is 2.01. The number of amides is 1. The predicted molar refractivity (Wildman–Crippen MR) is 61.3 cm³/mol. The summed E-state index contributed by atoms with van der Waals surface area (Å²) in [6.45, 7) is 2.05. The van der Waals surface area contributed by atoms with Gasteiger partial charge in [-0.25, -0.2) is 0 Å². The SMILES string of the molecule is CC(=O)NCCC#Cc1ccc(C#N)cc1. The van der Waals surface area contributed by atoms with Crippen molar-refractivity contribution in [2.75, 3.05) is 6.54 Å². The molecule has 80 valence electrons. The van der Waals surface area contributed by atoms with E-state index in [-0.39, 0.29) is 5.91 Å². The minimum Gasteiger partial charge on any atom is -0.355 e. The fourth-order valence-corrected chi connectivity index (χ4v) is 1.09. The number of rotatable bonds is 2. The standard InChI is InChI=1S/C13H12N2O/c1-11(16)15-9-3-2-4-12-5-7-13(10-14)8-6-12/h5-8H,3,9H2,1H3,(H,15,16). The van der Waals surface area contributed by atoms with E-state index in [4.69, 9.17) is 5.26 Å². The van der Waals surface area contributed by atoms with Crippen molar-refractivity contribution in [2.45, 2.75) is 13.3 Å². The normalized spacial score (nSPS) is 8.50. The monoisotopic (exact) mass is 212 g/mol. The Hall–Kier alpha value is -2.26. The largest absolute Gasteiger partial charge is 0.355 e. The first-order chi connectivity index (χ1) is 7.72. The summed E-state index contributed by atoms with van der Waals surface area (Å²) in [4.78, 5) is 10.6. The van der Waals surface area contributed by atoms with Crippen LogP contribution in [0.1, 0.15) is 24.5 Å². The number of hydrogen-bond donors (Lipinski definition) is 1. The molecule has 1 amide bonds.